The van der Waals surface area contributed by atoms with Crippen LogP contribution in [0.4, 0.5) is 4.79 Å². The Morgan fingerprint density at radius 2 is 2.00 bits per heavy atom. The van der Waals surface area contributed by atoms with E-state index in [0.717, 1.165) is 25.8 Å². The van der Waals surface area contributed by atoms with Crippen molar-refractivity contribution in [3.63, 3.8) is 0 Å². The van der Waals surface area contributed by atoms with E-state index in [2.05, 4.69) is 24.5 Å². The number of nitrogens with one attached hydrogen (secondary N) is 2. The predicted molar refractivity (Wildman–Crippen MR) is 88.4 cm³/mol. The summed E-state index contributed by atoms with van der Waals surface area (Å²) in [4.78, 5) is 25.8. The summed E-state index contributed by atoms with van der Waals surface area (Å²) in [5.41, 5.74) is 5.66. The fourth-order valence-electron chi connectivity index (χ4n) is 2.59. The zero-order valence-corrected chi connectivity index (χ0v) is 14.2. The number of urea groups is 1. The highest BCUT2D eigenvalue weighted by Gasteiger charge is 2.25. The number of nitrogens with zero attached hydrogens (tertiary/aromatic N) is 1. The van der Waals surface area contributed by atoms with E-state index in [0.29, 0.717) is 32.0 Å². The second-order valence-electron chi connectivity index (χ2n) is 6.85. The van der Waals surface area contributed by atoms with Crippen molar-refractivity contribution in [2.45, 2.75) is 52.5 Å². The smallest absolute Gasteiger partial charge is 0.317 e. The summed E-state index contributed by atoms with van der Waals surface area (Å²) in [6, 6.07) is 0.103. The molecule has 1 rings (SSSR count). The standard InChI is InChI=1S/C16H32N4O2/c1-12(2)10-19-16(22)20-8-4-5-14(11-20)9-15(21)18-7-6-13(3)17/h12-14H,4-11,17H2,1-3H3,(H,18,21)(H,19,22). The SMILES string of the molecule is CC(C)CNC(=O)N1CCCC(CC(=O)NCCC(C)N)C1. The normalized spacial score (nSPS) is 19.9. The summed E-state index contributed by atoms with van der Waals surface area (Å²) in [6.45, 7) is 8.86. The Balaban J connectivity index is 2.30. The van der Waals surface area contributed by atoms with Gasteiger partial charge >= 0.3 is 6.03 Å². The molecule has 0 aromatic heterocycles. The van der Waals surface area contributed by atoms with Crippen LogP contribution in [-0.4, -0.2) is 49.1 Å². The van der Waals surface area contributed by atoms with Gasteiger partial charge in [0.1, 0.15) is 0 Å². The molecule has 2 unspecified atom stereocenters. The largest absolute Gasteiger partial charge is 0.356 e. The molecule has 1 aliphatic rings. The maximum atomic E-state index is 12.1. The van der Waals surface area contributed by atoms with Gasteiger partial charge in [0, 0.05) is 38.6 Å². The number of amides is 3. The molecule has 0 aromatic rings. The van der Waals surface area contributed by atoms with E-state index in [9.17, 15) is 9.59 Å². The van der Waals surface area contributed by atoms with E-state index in [4.69, 9.17) is 5.73 Å². The maximum Gasteiger partial charge on any atom is 0.317 e. The van der Waals surface area contributed by atoms with Crippen molar-refractivity contribution >= 4 is 11.9 Å². The Kier molecular flexibility index (Phi) is 8.24. The summed E-state index contributed by atoms with van der Waals surface area (Å²) in [7, 11) is 0. The molecule has 1 aliphatic heterocycles. The molecule has 22 heavy (non-hydrogen) atoms. The molecular weight excluding hydrogens is 280 g/mol. The van der Waals surface area contributed by atoms with Gasteiger partial charge in [-0.15, -0.1) is 0 Å². The first-order valence-corrected chi connectivity index (χ1v) is 8.43. The first-order chi connectivity index (χ1) is 10.4. The van der Waals surface area contributed by atoms with Gasteiger partial charge in [-0.3, -0.25) is 4.79 Å². The number of hydrogen-bond donors (Lipinski definition) is 3. The van der Waals surface area contributed by atoms with Crippen LogP contribution >= 0.6 is 0 Å². The number of nitrogens with two attached hydrogens (primary N) is 1. The molecule has 0 aliphatic carbocycles. The Bertz CT molecular complexity index is 358. The van der Waals surface area contributed by atoms with Crippen molar-refractivity contribution in [1.82, 2.24) is 15.5 Å². The van der Waals surface area contributed by atoms with Gasteiger partial charge in [-0.25, -0.2) is 4.79 Å². The molecule has 128 valence electrons. The van der Waals surface area contributed by atoms with E-state index >= 15 is 0 Å². The van der Waals surface area contributed by atoms with Gasteiger partial charge < -0.3 is 21.3 Å². The molecule has 6 heteroatoms. The molecule has 0 radical (unpaired) electrons. The van der Waals surface area contributed by atoms with Gasteiger partial charge in [0.05, 0.1) is 0 Å². The molecule has 1 fully saturated rings. The second-order valence-corrected chi connectivity index (χ2v) is 6.85. The third kappa shape index (κ3) is 7.64. The summed E-state index contributed by atoms with van der Waals surface area (Å²) in [6.07, 6.45) is 3.26. The average molecular weight is 312 g/mol. The lowest BCUT2D eigenvalue weighted by Crippen LogP contribution is -2.47. The highest BCUT2D eigenvalue weighted by atomic mass is 16.2. The summed E-state index contributed by atoms with van der Waals surface area (Å²) < 4.78 is 0. The monoisotopic (exact) mass is 312 g/mol. The van der Waals surface area contributed by atoms with Crippen LogP contribution in [0.25, 0.3) is 0 Å². The van der Waals surface area contributed by atoms with Crippen LogP contribution in [0.3, 0.4) is 0 Å². The fourth-order valence-corrected chi connectivity index (χ4v) is 2.59. The Morgan fingerprint density at radius 3 is 2.64 bits per heavy atom. The zero-order chi connectivity index (χ0) is 16.5. The van der Waals surface area contributed by atoms with E-state index in [1.54, 1.807) is 0 Å². The number of rotatable bonds is 7. The van der Waals surface area contributed by atoms with Gasteiger partial charge in [-0.2, -0.15) is 0 Å². The predicted octanol–water partition coefficient (Wildman–Crippen LogP) is 1.31. The van der Waals surface area contributed by atoms with Gasteiger partial charge in [0.25, 0.3) is 0 Å². The minimum atomic E-state index is -0.00392. The third-order valence-corrected chi connectivity index (χ3v) is 3.86. The van der Waals surface area contributed by atoms with Crippen LogP contribution in [-0.2, 0) is 4.79 Å². The molecule has 0 saturated carbocycles. The van der Waals surface area contributed by atoms with Crippen LogP contribution in [0, 0.1) is 11.8 Å². The van der Waals surface area contributed by atoms with Gasteiger partial charge in [-0.05, 0) is 38.0 Å². The van der Waals surface area contributed by atoms with E-state index < -0.39 is 0 Å². The molecule has 4 N–H and O–H groups in total. The fraction of sp³-hybridized carbons (Fsp3) is 0.875. The lowest BCUT2D eigenvalue weighted by atomic mass is 9.94. The second kappa shape index (κ2) is 9.66. The van der Waals surface area contributed by atoms with Crippen LogP contribution < -0.4 is 16.4 Å². The van der Waals surface area contributed by atoms with Crippen molar-refractivity contribution < 1.29 is 9.59 Å². The van der Waals surface area contributed by atoms with Crippen molar-refractivity contribution in [3.8, 4) is 0 Å². The molecule has 1 heterocycles. The van der Waals surface area contributed by atoms with Crippen LogP contribution in [0.5, 0.6) is 0 Å². The summed E-state index contributed by atoms with van der Waals surface area (Å²) in [5, 5.41) is 5.85. The van der Waals surface area contributed by atoms with Crippen LogP contribution in [0.15, 0.2) is 0 Å². The number of hydrogen-bond acceptors (Lipinski definition) is 3. The lowest BCUT2D eigenvalue weighted by molar-refractivity contribution is -0.122. The summed E-state index contributed by atoms with van der Waals surface area (Å²) in [5.74, 6) is 0.768. The Labute approximate surface area is 134 Å². The molecule has 3 amide bonds. The van der Waals surface area contributed by atoms with Crippen molar-refractivity contribution in [3.05, 3.63) is 0 Å². The van der Waals surface area contributed by atoms with Crippen LogP contribution in [0.1, 0.15) is 46.5 Å². The minimum absolute atomic E-state index is 0.00392. The first-order valence-electron chi connectivity index (χ1n) is 8.43. The highest BCUT2D eigenvalue weighted by molar-refractivity contribution is 5.77. The van der Waals surface area contributed by atoms with E-state index in [1.165, 1.54) is 0 Å². The van der Waals surface area contributed by atoms with Crippen molar-refractivity contribution in [2.75, 3.05) is 26.2 Å². The van der Waals surface area contributed by atoms with E-state index in [1.807, 2.05) is 11.8 Å². The van der Waals surface area contributed by atoms with Gasteiger partial charge in [0.15, 0.2) is 0 Å². The topological polar surface area (TPSA) is 87.5 Å². The first kappa shape index (κ1) is 18.7. The molecule has 6 nitrogen and oxygen atoms in total. The Morgan fingerprint density at radius 1 is 1.27 bits per heavy atom. The molecule has 0 aromatic carbocycles. The zero-order valence-electron chi connectivity index (χ0n) is 14.2. The van der Waals surface area contributed by atoms with Crippen molar-refractivity contribution in [2.24, 2.45) is 17.6 Å². The van der Waals surface area contributed by atoms with Crippen LogP contribution in [0.2, 0.25) is 0 Å². The highest BCUT2D eigenvalue weighted by Crippen LogP contribution is 2.19. The number of carbonyl (C=O) groups is 2. The molecular formula is C16H32N4O2. The molecule has 1 saturated heterocycles. The lowest BCUT2D eigenvalue weighted by Gasteiger charge is -2.32. The van der Waals surface area contributed by atoms with Gasteiger partial charge in [-0.1, -0.05) is 13.8 Å². The maximum absolute atomic E-state index is 12.1. The number of likely N-dealkylation sites (tertiary alicyclic amines) is 1. The Hall–Kier alpha value is -1.30. The quantitative estimate of drug-likeness (QED) is 0.662. The molecule has 0 bridgehead atoms. The minimum Gasteiger partial charge on any atom is -0.356 e. The average Bonchev–Trinajstić information content (AvgIpc) is 2.44. The third-order valence-electron chi connectivity index (χ3n) is 3.86. The summed E-state index contributed by atoms with van der Waals surface area (Å²) >= 11 is 0. The molecule has 0 spiro atoms. The van der Waals surface area contributed by atoms with Crippen molar-refractivity contribution in [1.29, 1.82) is 0 Å². The number of piperidine rings is 1. The number of carbonyl (C=O) groups excluding carboxylic acids is 2. The van der Waals surface area contributed by atoms with Gasteiger partial charge in [0.2, 0.25) is 5.91 Å². The molecule has 2 atom stereocenters. The van der Waals surface area contributed by atoms with E-state index in [-0.39, 0.29) is 23.9 Å².